The third-order valence-corrected chi connectivity index (χ3v) is 5.04. The summed E-state index contributed by atoms with van der Waals surface area (Å²) >= 11 is 6.22. The highest BCUT2D eigenvalue weighted by Gasteiger charge is 2.32. The number of hydrogen-bond acceptors (Lipinski definition) is 4. The molecule has 0 spiro atoms. The predicted octanol–water partition coefficient (Wildman–Crippen LogP) is 4.55. The molecule has 1 aromatic rings. The summed E-state index contributed by atoms with van der Waals surface area (Å²) in [6, 6.07) is 4.74. The van der Waals surface area contributed by atoms with Gasteiger partial charge in [-0.15, -0.1) is 0 Å². The first kappa shape index (κ1) is 20.4. The zero-order valence-corrected chi connectivity index (χ0v) is 15.2. The number of amides is 1. The quantitative estimate of drug-likeness (QED) is 0.411. The van der Waals surface area contributed by atoms with Crippen molar-refractivity contribution in [1.29, 1.82) is 0 Å². The maximum absolute atomic E-state index is 12.8. The molecule has 0 aliphatic carbocycles. The number of thiocarbonyl (C=S) groups is 1. The Kier molecular flexibility index (Phi) is 6.82. The zero-order valence-electron chi connectivity index (χ0n) is 13.6. The van der Waals surface area contributed by atoms with E-state index in [2.05, 4.69) is 0 Å². The maximum atomic E-state index is 12.8. The van der Waals surface area contributed by atoms with Crippen molar-refractivity contribution in [2.24, 2.45) is 0 Å². The van der Waals surface area contributed by atoms with E-state index < -0.39 is 17.7 Å². The average Bonchev–Trinajstić information content (AvgIpc) is 2.81. The summed E-state index contributed by atoms with van der Waals surface area (Å²) in [6.45, 7) is 0.365. The second-order valence-electron chi connectivity index (χ2n) is 5.66. The monoisotopic (exact) mass is 403 g/mol. The Morgan fingerprint density at radius 1 is 1.27 bits per heavy atom. The van der Waals surface area contributed by atoms with E-state index >= 15 is 0 Å². The molecule has 0 unspecified atom stereocenters. The minimum Gasteiger partial charge on any atom is -0.481 e. The normalized spacial score (nSPS) is 16.6. The molecule has 0 radical (unpaired) electrons. The first-order valence-corrected chi connectivity index (χ1v) is 9.05. The molecular weight excluding hydrogens is 387 g/mol. The number of carboxylic acid groups (broad SMARTS) is 1. The van der Waals surface area contributed by atoms with E-state index in [9.17, 15) is 22.8 Å². The fourth-order valence-electron chi connectivity index (χ4n) is 2.37. The van der Waals surface area contributed by atoms with Crippen molar-refractivity contribution in [1.82, 2.24) is 4.90 Å². The zero-order chi connectivity index (χ0) is 19.3. The summed E-state index contributed by atoms with van der Waals surface area (Å²) in [5.41, 5.74) is -0.498. The van der Waals surface area contributed by atoms with Crippen molar-refractivity contribution in [3.63, 3.8) is 0 Å². The summed E-state index contributed by atoms with van der Waals surface area (Å²) in [5.74, 6) is -1.20. The average molecular weight is 403 g/mol. The second-order valence-corrected chi connectivity index (χ2v) is 7.34. The second kappa shape index (κ2) is 8.68. The number of halogens is 3. The number of rotatable bonds is 7. The Bertz CT molecular complexity index is 747. The van der Waals surface area contributed by atoms with Crippen molar-refractivity contribution in [2.45, 2.75) is 31.9 Å². The van der Waals surface area contributed by atoms with Gasteiger partial charge in [-0.2, -0.15) is 13.2 Å². The molecule has 2 rings (SSSR count). The van der Waals surface area contributed by atoms with Crippen LogP contribution in [-0.2, 0) is 15.8 Å². The van der Waals surface area contributed by atoms with E-state index in [-0.39, 0.29) is 22.8 Å². The van der Waals surface area contributed by atoms with Gasteiger partial charge in [-0.3, -0.25) is 14.5 Å². The standard InChI is InChI=1S/C17H16F3NO3S2/c18-17(19,20)12-6-4-5-11(9-12)10-13-15(24)21(16(25)26-13)8-3-1-2-7-14(22)23/h4-6,9-10H,1-3,7-8H2,(H,22,23)/b13-10+. The molecule has 1 amide bonds. The maximum Gasteiger partial charge on any atom is 0.416 e. The van der Waals surface area contributed by atoms with Gasteiger partial charge in [0.25, 0.3) is 5.91 Å². The smallest absolute Gasteiger partial charge is 0.416 e. The van der Waals surface area contributed by atoms with Gasteiger partial charge in [0.1, 0.15) is 4.32 Å². The molecule has 1 aromatic carbocycles. The Morgan fingerprint density at radius 2 is 2.00 bits per heavy atom. The molecule has 1 N–H and O–H groups in total. The Hall–Kier alpha value is -1.87. The highest BCUT2D eigenvalue weighted by atomic mass is 32.2. The van der Waals surface area contributed by atoms with Crippen molar-refractivity contribution >= 4 is 46.3 Å². The molecule has 1 saturated heterocycles. The lowest BCUT2D eigenvalue weighted by atomic mass is 10.1. The van der Waals surface area contributed by atoms with Crippen LogP contribution in [0.25, 0.3) is 6.08 Å². The lowest BCUT2D eigenvalue weighted by molar-refractivity contribution is -0.138. The van der Waals surface area contributed by atoms with E-state index in [1.807, 2.05) is 0 Å². The molecule has 9 heteroatoms. The minimum atomic E-state index is -4.45. The molecule has 0 atom stereocenters. The van der Waals surface area contributed by atoms with Crippen LogP contribution in [0.1, 0.15) is 36.8 Å². The van der Waals surface area contributed by atoms with E-state index in [0.29, 0.717) is 30.1 Å². The van der Waals surface area contributed by atoms with Gasteiger partial charge in [-0.25, -0.2) is 0 Å². The SMILES string of the molecule is O=C(O)CCCCCN1C(=O)/C(=C\c2cccc(C(F)(F)F)c2)SC1=S. The van der Waals surface area contributed by atoms with Gasteiger partial charge in [0, 0.05) is 13.0 Å². The van der Waals surface area contributed by atoms with Gasteiger partial charge in [0.15, 0.2) is 0 Å². The third kappa shape index (κ3) is 5.57. The van der Waals surface area contributed by atoms with E-state index in [1.165, 1.54) is 23.1 Å². The van der Waals surface area contributed by atoms with Crippen LogP contribution in [0.3, 0.4) is 0 Å². The fourth-order valence-corrected chi connectivity index (χ4v) is 3.68. The third-order valence-electron chi connectivity index (χ3n) is 3.66. The molecule has 0 saturated carbocycles. The first-order chi connectivity index (χ1) is 12.2. The molecular formula is C17H16F3NO3S2. The number of hydrogen-bond donors (Lipinski definition) is 1. The van der Waals surface area contributed by atoms with Crippen molar-refractivity contribution in [2.75, 3.05) is 6.54 Å². The van der Waals surface area contributed by atoms with Crippen LogP contribution >= 0.6 is 24.0 Å². The van der Waals surface area contributed by atoms with Gasteiger partial charge >= 0.3 is 12.1 Å². The number of alkyl halides is 3. The molecule has 4 nitrogen and oxygen atoms in total. The fraction of sp³-hybridized carbons (Fsp3) is 0.353. The van der Waals surface area contributed by atoms with E-state index in [1.54, 1.807) is 0 Å². The topological polar surface area (TPSA) is 57.6 Å². The van der Waals surface area contributed by atoms with Gasteiger partial charge in [0.2, 0.25) is 0 Å². The number of nitrogens with zero attached hydrogens (tertiary/aromatic N) is 1. The summed E-state index contributed by atoms with van der Waals surface area (Å²) < 4.78 is 38.7. The Balaban J connectivity index is 2.01. The predicted molar refractivity (Wildman–Crippen MR) is 97.4 cm³/mol. The van der Waals surface area contributed by atoms with Crippen LogP contribution in [-0.4, -0.2) is 32.7 Å². The first-order valence-electron chi connectivity index (χ1n) is 7.83. The molecule has 0 bridgehead atoms. The molecule has 140 valence electrons. The molecule has 1 heterocycles. The molecule has 26 heavy (non-hydrogen) atoms. The largest absolute Gasteiger partial charge is 0.481 e. The van der Waals surface area contributed by atoms with Crippen molar-refractivity contribution < 1.29 is 27.9 Å². The number of carbonyl (C=O) groups excluding carboxylic acids is 1. The van der Waals surface area contributed by atoms with Gasteiger partial charge in [-0.05, 0) is 36.6 Å². The highest BCUT2D eigenvalue weighted by molar-refractivity contribution is 8.26. The number of thioether (sulfide) groups is 1. The summed E-state index contributed by atoms with van der Waals surface area (Å²) in [4.78, 5) is 24.5. The molecule has 1 aliphatic heterocycles. The number of unbranched alkanes of at least 4 members (excludes halogenated alkanes) is 2. The Morgan fingerprint density at radius 3 is 2.65 bits per heavy atom. The lowest BCUT2D eigenvalue weighted by Crippen LogP contribution is -2.29. The number of carbonyl (C=O) groups is 2. The molecule has 0 aromatic heterocycles. The summed E-state index contributed by atoms with van der Waals surface area (Å²) in [6.07, 6.45) is -1.19. The molecule has 1 aliphatic rings. The van der Waals surface area contributed by atoms with Crippen molar-refractivity contribution in [3.8, 4) is 0 Å². The van der Waals surface area contributed by atoms with Crippen LogP contribution in [0.4, 0.5) is 13.2 Å². The van der Waals surface area contributed by atoms with Gasteiger partial charge in [-0.1, -0.05) is 42.5 Å². The van der Waals surface area contributed by atoms with Crippen LogP contribution in [0.15, 0.2) is 29.2 Å². The van der Waals surface area contributed by atoms with E-state index in [0.717, 1.165) is 23.9 Å². The number of benzene rings is 1. The van der Waals surface area contributed by atoms with Crippen LogP contribution in [0.5, 0.6) is 0 Å². The number of aliphatic carboxylic acids is 1. The number of carboxylic acids is 1. The Labute approximate surface area is 158 Å². The van der Waals surface area contributed by atoms with Crippen LogP contribution in [0.2, 0.25) is 0 Å². The highest BCUT2D eigenvalue weighted by Crippen LogP contribution is 2.34. The molecule has 1 fully saturated rings. The van der Waals surface area contributed by atoms with Crippen LogP contribution < -0.4 is 0 Å². The van der Waals surface area contributed by atoms with Gasteiger partial charge < -0.3 is 5.11 Å². The lowest BCUT2D eigenvalue weighted by Gasteiger charge is -2.13. The summed E-state index contributed by atoms with van der Waals surface area (Å²) in [7, 11) is 0. The summed E-state index contributed by atoms with van der Waals surface area (Å²) in [5, 5.41) is 8.59. The van der Waals surface area contributed by atoms with Gasteiger partial charge in [0.05, 0.1) is 10.5 Å². The van der Waals surface area contributed by atoms with Crippen molar-refractivity contribution in [3.05, 3.63) is 40.3 Å². The van der Waals surface area contributed by atoms with E-state index in [4.69, 9.17) is 17.3 Å². The van der Waals surface area contributed by atoms with Crippen LogP contribution in [0, 0.1) is 0 Å². The minimum absolute atomic E-state index is 0.0772.